The molecule has 4 rings (SSSR count). The summed E-state index contributed by atoms with van der Waals surface area (Å²) in [6.45, 7) is 3.57. The van der Waals surface area contributed by atoms with Gasteiger partial charge >= 0.3 is 0 Å². The lowest BCUT2D eigenvalue weighted by atomic mass is 9.96. The fraction of sp³-hybridized carbons (Fsp3) is 0.364. The minimum absolute atomic E-state index is 0.0221. The number of aromatic nitrogens is 1. The van der Waals surface area contributed by atoms with Gasteiger partial charge in [0, 0.05) is 24.8 Å². The monoisotopic (exact) mass is 380 g/mol. The van der Waals surface area contributed by atoms with Crippen LogP contribution in [0.5, 0.6) is 0 Å². The molecule has 0 bridgehead atoms. The van der Waals surface area contributed by atoms with E-state index in [1.165, 1.54) is 5.56 Å². The Hall–Kier alpha value is -2.27. The maximum absolute atomic E-state index is 12.8. The Balaban J connectivity index is 1.30. The standard InChI is InChI=1S/C22H24N2O2S/c1-16(27-15-17-7-3-2-4-8-17)22(25)24-13-11-18(12-14-24)21-23-19-9-5-6-10-20(19)26-21/h2-10,16,18H,11-15H2,1H3. The molecule has 1 aliphatic heterocycles. The molecule has 2 heterocycles. The number of oxazole rings is 1. The zero-order valence-corrected chi connectivity index (χ0v) is 16.3. The van der Waals surface area contributed by atoms with Gasteiger partial charge in [-0.25, -0.2) is 4.98 Å². The number of nitrogens with zero attached hydrogens (tertiary/aromatic N) is 2. The van der Waals surface area contributed by atoms with Gasteiger partial charge in [0.25, 0.3) is 0 Å². The Bertz CT molecular complexity index is 868. The third-order valence-corrected chi connectivity index (χ3v) is 6.36. The molecule has 1 fully saturated rings. The molecule has 4 nitrogen and oxygen atoms in total. The first-order valence-electron chi connectivity index (χ1n) is 9.50. The van der Waals surface area contributed by atoms with Crippen LogP contribution < -0.4 is 0 Å². The van der Waals surface area contributed by atoms with Gasteiger partial charge in [0.15, 0.2) is 11.5 Å². The lowest BCUT2D eigenvalue weighted by Crippen LogP contribution is -2.41. The number of thioether (sulfide) groups is 1. The quantitative estimate of drug-likeness (QED) is 0.634. The van der Waals surface area contributed by atoms with Crippen molar-refractivity contribution < 1.29 is 9.21 Å². The van der Waals surface area contributed by atoms with Crippen molar-refractivity contribution in [2.24, 2.45) is 0 Å². The number of fused-ring (bicyclic) bond motifs is 1. The molecular formula is C22H24N2O2S. The molecule has 0 spiro atoms. The average molecular weight is 381 g/mol. The van der Waals surface area contributed by atoms with E-state index in [0.29, 0.717) is 5.92 Å². The second-order valence-corrected chi connectivity index (χ2v) is 8.39. The first-order chi connectivity index (χ1) is 13.2. The lowest BCUT2D eigenvalue weighted by molar-refractivity contribution is -0.131. The molecule has 140 valence electrons. The van der Waals surface area contributed by atoms with E-state index in [2.05, 4.69) is 17.1 Å². The number of likely N-dealkylation sites (tertiary alicyclic amines) is 1. The van der Waals surface area contributed by atoms with Gasteiger partial charge in [0.05, 0.1) is 5.25 Å². The molecule has 3 aromatic rings. The number of hydrogen-bond donors (Lipinski definition) is 0. The normalized spacial score (nSPS) is 16.6. The van der Waals surface area contributed by atoms with Crippen molar-refractivity contribution in [1.82, 2.24) is 9.88 Å². The topological polar surface area (TPSA) is 46.3 Å². The highest BCUT2D eigenvalue weighted by atomic mass is 32.2. The van der Waals surface area contributed by atoms with Crippen molar-refractivity contribution in [2.75, 3.05) is 13.1 Å². The Labute approximate surface area is 164 Å². The summed E-state index contributed by atoms with van der Waals surface area (Å²) in [5, 5.41) is -0.0221. The summed E-state index contributed by atoms with van der Waals surface area (Å²) >= 11 is 1.71. The fourth-order valence-electron chi connectivity index (χ4n) is 3.54. The molecule has 1 saturated heterocycles. The van der Waals surface area contributed by atoms with Gasteiger partial charge < -0.3 is 9.32 Å². The molecule has 1 amide bonds. The maximum Gasteiger partial charge on any atom is 0.235 e. The van der Waals surface area contributed by atoms with Crippen LogP contribution in [0.3, 0.4) is 0 Å². The van der Waals surface area contributed by atoms with Crippen LogP contribution in [0, 0.1) is 0 Å². The van der Waals surface area contributed by atoms with Gasteiger partial charge in [0.1, 0.15) is 5.52 Å². The van der Waals surface area contributed by atoms with E-state index in [4.69, 9.17) is 4.42 Å². The third kappa shape index (κ3) is 4.19. The first kappa shape index (κ1) is 18.1. The highest BCUT2D eigenvalue weighted by Gasteiger charge is 2.29. The molecular weight excluding hydrogens is 356 g/mol. The SMILES string of the molecule is CC(SCc1ccccc1)C(=O)N1CCC(c2nc3ccccc3o2)CC1. The Morgan fingerprint density at radius 1 is 1.15 bits per heavy atom. The average Bonchev–Trinajstić information content (AvgIpc) is 3.16. The predicted molar refractivity (Wildman–Crippen MR) is 110 cm³/mol. The van der Waals surface area contributed by atoms with Crippen molar-refractivity contribution in [1.29, 1.82) is 0 Å². The summed E-state index contributed by atoms with van der Waals surface area (Å²) in [4.78, 5) is 19.4. The third-order valence-electron chi connectivity index (χ3n) is 5.16. The van der Waals surface area contributed by atoms with Crippen LogP contribution in [-0.4, -0.2) is 34.1 Å². The Kier molecular flexibility index (Phi) is 5.48. The van der Waals surface area contributed by atoms with Crippen LogP contribution in [-0.2, 0) is 10.5 Å². The lowest BCUT2D eigenvalue weighted by Gasteiger charge is -2.32. The van der Waals surface area contributed by atoms with E-state index in [-0.39, 0.29) is 11.2 Å². The number of hydrogen-bond acceptors (Lipinski definition) is 4. The van der Waals surface area contributed by atoms with Crippen molar-refractivity contribution in [3.05, 3.63) is 66.1 Å². The summed E-state index contributed by atoms with van der Waals surface area (Å²) in [6, 6.07) is 18.2. The van der Waals surface area contributed by atoms with Gasteiger partial charge in [0.2, 0.25) is 5.91 Å². The summed E-state index contributed by atoms with van der Waals surface area (Å²) in [7, 11) is 0. The Morgan fingerprint density at radius 3 is 2.59 bits per heavy atom. The van der Waals surface area contributed by atoms with Gasteiger partial charge in [-0.3, -0.25) is 4.79 Å². The largest absolute Gasteiger partial charge is 0.440 e. The number of carbonyl (C=O) groups is 1. The molecule has 1 aromatic heterocycles. The van der Waals surface area contributed by atoms with E-state index in [1.807, 2.05) is 54.3 Å². The zero-order valence-electron chi connectivity index (χ0n) is 15.5. The van der Waals surface area contributed by atoms with Crippen LogP contribution >= 0.6 is 11.8 Å². The van der Waals surface area contributed by atoms with Gasteiger partial charge in [-0.15, -0.1) is 11.8 Å². The highest BCUT2D eigenvalue weighted by molar-refractivity contribution is 7.99. The molecule has 5 heteroatoms. The van der Waals surface area contributed by atoms with E-state index in [1.54, 1.807) is 11.8 Å². The molecule has 1 atom stereocenters. The van der Waals surface area contributed by atoms with Crippen LogP contribution in [0.4, 0.5) is 0 Å². The minimum atomic E-state index is -0.0221. The summed E-state index contributed by atoms with van der Waals surface area (Å²) in [6.07, 6.45) is 1.82. The van der Waals surface area contributed by atoms with Crippen molar-refractivity contribution in [2.45, 2.75) is 36.7 Å². The molecule has 0 N–H and O–H groups in total. The van der Waals surface area contributed by atoms with Gasteiger partial charge in [-0.05, 0) is 37.5 Å². The first-order valence-corrected chi connectivity index (χ1v) is 10.6. The predicted octanol–water partition coefficient (Wildman–Crippen LogP) is 4.86. The van der Waals surface area contributed by atoms with Crippen LogP contribution in [0.1, 0.15) is 37.1 Å². The molecule has 1 aliphatic rings. The number of amides is 1. The minimum Gasteiger partial charge on any atom is -0.440 e. The zero-order chi connectivity index (χ0) is 18.6. The molecule has 0 aliphatic carbocycles. The molecule has 0 radical (unpaired) electrons. The number of piperidine rings is 1. The molecule has 2 aromatic carbocycles. The van der Waals surface area contributed by atoms with Crippen molar-refractivity contribution >= 4 is 28.8 Å². The number of rotatable bonds is 5. The van der Waals surface area contributed by atoms with Crippen LogP contribution in [0.25, 0.3) is 11.1 Å². The fourth-order valence-corrected chi connectivity index (χ4v) is 4.46. The summed E-state index contributed by atoms with van der Waals surface area (Å²) in [5.74, 6) is 2.23. The smallest absolute Gasteiger partial charge is 0.235 e. The second-order valence-electron chi connectivity index (χ2n) is 7.06. The molecule has 27 heavy (non-hydrogen) atoms. The van der Waals surface area contributed by atoms with Gasteiger partial charge in [-0.2, -0.15) is 0 Å². The van der Waals surface area contributed by atoms with Crippen molar-refractivity contribution in [3.8, 4) is 0 Å². The molecule has 1 unspecified atom stereocenters. The number of carbonyl (C=O) groups excluding carboxylic acids is 1. The van der Waals surface area contributed by atoms with E-state index in [0.717, 1.165) is 48.7 Å². The summed E-state index contributed by atoms with van der Waals surface area (Å²) < 4.78 is 5.92. The summed E-state index contributed by atoms with van der Waals surface area (Å²) in [5.41, 5.74) is 3.02. The van der Waals surface area contributed by atoms with E-state index >= 15 is 0 Å². The van der Waals surface area contributed by atoms with Crippen LogP contribution in [0.2, 0.25) is 0 Å². The Morgan fingerprint density at radius 2 is 1.85 bits per heavy atom. The van der Waals surface area contributed by atoms with Crippen LogP contribution in [0.15, 0.2) is 59.0 Å². The molecule has 0 saturated carbocycles. The number of benzene rings is 2. The van der Waals surface area contributed by atoms with E-state index < -0.39 is 0 Å². The maximum atomic E-state index is 12.8. The van der Waals surface area contributed by atoms with E-state index in [9.17, 15) is 4.79 Å². The number of para-hydroxylation sites is 2. The van der Waals surface area contributed by atoms with Crippen molar-refractivity contribution in [3.63, 3.8) is 0 Å². The second kappa shape index (κ2) is 8.17. The van der Waals surface area contributed by atoms with Gasteiger partial charge in [-0.1, -0.05) is 42.5 Å². The highest BCUT2D eigenvalue weighted by Crippen LogP contribution is 2.31.